The number of carbonyl (C=O) groups excluding carboxylic acids is 1. The summed E-state index contributed by atoms with van der Waals surface area (Å²) in [5.74, 6) is -2.32. The third kappa shape index (κ3) is 4.22. The molecule has 2 heterocycles. The second-order valence-corrected chi connectivity index (χ2v) is 7.17. The van der Waals surface area contributed by atoms with Crippen LogP contribution in [0.1, 0.15) is 20.8 Å². The lowest BCUT2D eigenvalue weighted by molar-refractivity contribution is 0.0962. The van der Waals surface area contributed by atoms with E-state index >= 15 is 0 Å². The zero-order chi connectivity index (χ0) is 21.8. The van der Waals surface area contributed by atoms with Crippen LogP contribution in [0, 0.1) is 28.4 Å². The molecule has 0 fully saturated rings. The number of aromatic amines is 1. The standard InChI is InChI=1S/C19H12ClF2N5O2S/c20-10-7-26-19(29)14(16(10)27-17-11(21)2-1-3-12(17)22)15(24)9-6-13(30-8-9)18(28)25-5-4-23/h1-3,6-8,24H,5H2,(H,25,28)(H2,26,27,29). The molecular weight excluding hydrogens is 436 g/mol. The Balaban J connectivity index is 2.03. The number of hydrogen-bond acceptors (Lipinski definition) is 6. The second-order valence-electron chi connectivity index (χ2n) is 5.85. The number of amides is 1. The number of carbonyl (C=O) groups is 1. The maximum Gasteiger partial charge on any atom is 0.262 e. The lowest BCUT2D eigenvalue weighted by Gasteiger charge is -2.14. The van der Waals surface area contributed by atoms with Gasteiger partial charge in [0.1, 0.15) is 23.9 Å². The van der Waals surface area contributed by atoms with Crippen LogP contribution in [-0.4, -0.2) is 23.1 Å². The summed E-state index contributed by atoms with van der Waals surface area (Å²) >= 11 is 7.14. The van der Waals surface area contributed by atoms with Crippen molar-refractivity contribution in [3.63, 3.8) is 0 Å². The first-order chi connectivity index (χ1) is 14.3. The molecular formula is C19H12ClF2N5O2S. The van der Waals surface area contributed by atoms with E-state index in [-0.39, 0.29) is 39.0 Å². The summed E-state index contributed by atoms with van der Waals surface area (Å²) in [6.45, 7) is -0.181. The molecule has 0 aliphatic rings. The number of aromatic nitrogens is 1. The molecule has 0 spiro atoms. The molecule has 0 atom stereocenters. The van der Waals surface area contributed by atoms with Crippen LogP contribution in [0.3, 0.4) is 0 Å². The molecule has 3 rings (SSSR count). The van der Waals surface area contributed by atoms with Gasteiger partial charge in [-0.05, 0) is 18.2 Å². The Kier molecular flexibility index (Phi) is 6.25. The van der Waals surface area contributed by atoms with E-state index < -0.39 is 28.8 Å². The summed E-state index contributed by atoms with van der Waals surface area (Å²) in [5.41, 5.74) is -1.75. The smallest absolute Gasteiger partial charge is 0.262 e. The fourth-order valence-electron chi connectivity index (χ4n) is 2.55. The summed E-state index contributed by atoms with van der Waals surface area (Å²) in [6.07, 6.45) is 1.14. The lowest BCUT2D eigenvalue weighted by atomic mass is 10.0. The van der Waals surface area contributed by atoms with E-state index in [1.54, 1.807) is 6.07 Å². The first-order valence-electron chi connectivity index (χ1n) is 8.28. The third-order valence-electron chi connectivity index (χ3n) is 3.95. The van der Waals surface area contributed by atoms with Gasteiger partial charge < -0.3 is 15.6 Å². The van der Waals surface area contributed by atoms with Gasteiger partial charge in [-0.3, -0.25) is 15.0 Å². The minimum atomic E-state index is -0.907. The van der Waals surface area contributed by atoms with Crippen LogP contribution in [0.15, 0.2) is 40.6 Å². The van der Waals surface area contributed by atoms with Gasteiger partial charge in [0.15, 0.2) is 0 Å². The van der Waals surface area contributed by atoms with Gasteiger partial charge in [0.2, 0.25) is 0 Å². The van der Waals surface area contributed by atoms with Gasteiger partial charge in [-0.2, -0.15) is 5.26 Å². The highest BCUT2D eigenvalue weighted by Gasteiger charge is 2.22. The number of halogens is 3. The monoisotopic (exact) mass is 447 g/mol. The number of H-pyrrole nitrogens is 1. The van der Waals surface area contributed by atoms with E-state index in [2.05, 4.69) is 15.6 Å². The SMILES string of the molecule is N#CCNC(=O)c1cc(C(=N)c2c(Nc3c(F)cccc3F)c(Cl)c[nH]c2=O)cs1. The number of nitrogens with one attached hydrogen (secondary N) is 4. The van der Waals surface area contributed by atoms with Crippen molar-refractivity contribution in [2.24, 2.45) is 0 Å². The number of nitrogens with zero attached hydrogens (tertiary/aromatic N) is 1. The molecule has 0 bridgehead atoms. The Morgan fingerprint density at radius 1 is 1.30 bits per heavy atom. The van der Waals surface area contributed by atoms with Crippen LogP contribution in [0.2, 0.25) is 5.02 Å². The molecule has 11 heteroatoms. The van der Waals surface area contributed by atoms with E-state index in [9.17, 15) is 18.4 Å². The minimum absolute atomic E-state index is 0.0702. The fourth-order valence-corrected chi connectivity index (χ4v) is 3.56. The van der Waals surface area contributed by atoms with Gasteiger partial charge >= 0.3 is 0 Å². The molecule has 0 saturated heterocycles. The van der Waals surface area contributed by atoms with Crippen LogP contribution < -0.4 is 16.2 Å². The predicted molar refractivity (Wildman–Crippen MR) is 110 cm³/mol. The molecule has 0 unspecified atom stereocenters. The fraction of sp³-hybridized carbons (Fsp3) is 0.0526. The molecule has 0 radical (unpaired) electrons. The predicted octanol–water partition coefficient (Wildman–Crippen LogP) is 3.78. The molecule has 152 valence electrons. The Labute approximate surface area is 177 Å². The first-order valence-corrected chi connectivity index (χ1v) is 9.54. The van der Waals surface area contributed by atoms with E-state index in [0.29, 0.717) is 0 Å². The molecule has 1 aromatic carbocycles. The van der Waals surface area contributed by atoms with E-state index in [1.165, 1.54) is 17.5 Å². The molecule has 2 aromatic heterocycles. The number of nitriles is 1. The number of hydrogen-bond donors (Lipinski definition) is 4. The lowest BCUT2D eigenvalue weighted by Crippen LogP contribution is -2.23. The second kappa shape index (κ2) is 8.86. The van der Waals surface area contributed by atoms with Crippen LogP contribution >= 0.6 is 22.9 Å². The highest BCUT2D eigenvalue weighted by atomic mass is 35.5. The van der Waals surface area contributed by atoms with E-state index in [1.807, 2.05) is 0 Å². The van der Waals surface area contributed by atoms with Crippen molar-refractivity contribution in [3.05, 3.63) is 78.9 Å². The average Bonchev–Trinajstić information content (AvgIpc) is 3.21. The quantitative estimate of drug-likeness (QED) is 0.339. The van der Waals surface area contributed by atoms with Crippen LogP contribution in [-0.2, 0) is 0 Å². The topological polar surface area (TPSA) is 122 Å². The van der Waals surface area contributed by atoms with Gasteiger partial charge in [0.05, 0.1) is 32.9 Å². The maximum absolute atomic E-state index is 14.1. The number of rotatable bonds is 6. The Morgan fingerprint density at radius 2 is 2.00 bits per heavy atom. The molecule has 0 aliphatic heterocycles. The van der Waals surface area contributed by atoms with Gasteiger partial charge in [-0.1, -0.05) is 17.7 Å². The van der Waals surface area contributed by atoms with Crippen LogP contribution in [0.5, 0.6) is 0 Å². The molecule has 1 amide bonds. The average molecular weight is 448 g/mol. The number of benzene rings is 1. The highest BCUT2D eigenvalue weighted by Crippen LogP contribution is 2.31. The van der Waals surface area contributed by atoms with Gasteiger partial charge in [-0.25, -0.2) is 8.78 Å². The summed E-state index contributed by atoms with van der Waals surface area (Å²) < 4.78 is 28.1. The summed E-state index contributed by atoms with van der Waals surface area (Å²) in [5, 5.41) is 23.2. The molecule has 3 aromatic rings. The normalized spacial score (nSPS) is 10.3. The number of anilines is 2. The molecule has 0 aliphatic carbocycles. The van der Waals surface area contributed by atoms with Crippen LogP contribution in [0.4, 0.5) is 20.2 Å². The van der Waals surface area contributed by atoms with E-state index in [4.69, 9.17) is 22.3 Å². The summed E-state index contributed by atoms with van der Waals surface area (Å²) in [7, 11) is 0. The largest absolute Gasteiger partial charge is 0.349 e. The first kappa shape index (κ1) is 21.2. The van der Waals surface area contributed by atoms with Crippen molar-refractivity contribution < 1.29 is 13.6 Å². The van der Waals surface area contributed by atoms with Crippen molar-refractivity contribution in [2.45, 2.75) is 0 Å². The van der Waals surface area contributed by atoms with Gasteiger partial charge in [0, 0.05) is 17.1 Å². The van der Waals surface area contributed by atoms with E-state index in [0.717, 1.165) is 29.7 Å². The van der Waals surface area contributed by atoms with Crippen molar-refractivity contribution in [2.75, 3.05) is 11.9 Å². The third-order valence-corrected chi connectivity index (χ3v) is 5.18. The van der Waals surface area contributed by atoms with Crippen molar-refractivity contribution in [1.29, 1.82) is 10.7 Å². The zero-order valence-corrected chi connectivity index (χ0v) is 16.5. The number of thiophene rings is 1. The summed E-state index contributed by atoms with van der Waals surface area (Å²) in [6, 6.07) is 6.39. The van der Waals surface area contributed by atoms with Crippen molar-refractivity contribution >= 4 is 45.9 Å². The molecule has 0 saturated carbocycles. The Morgan fingerprint density at radius 3 is 2.67 bits per heavy atom. The molecule has 30 heavy (non-hydrogen) atoms. The van der Waals surface area contributed by atoms with Crippen molar-refractivity contribution in [3.8, 4) is 6.07 Å². The number of pyridine rings is 1. The van der Waals surface area contributed by atoms with Gasteiger partial charge in [-0.15, -0.1) is 11.3 Å². The molecule has 7 nitrogen and oxygen atoms in total. The van der Waals surface area contributed by atoms with Gasteiger partial charge in [0.25, 0.3) is 11.5 Å². The Bertz CT molecular complexity index is 1230. The minimum Gasteiger partial charge on any atom is -0.349 e. The zero-order valence-electron chi connectivity index (χ0n) is 15.0. The maximum atomic E-state index is 14.1. The van der Waals surface area contributed by atoms with Crippen molar-refractivity contribution in [1.82, 2.24) is 10.3 Å². The summed E-state index contributed by atoms with van der Waals surface area (Å²) in [4.78, 5) is 27.0. The van der Waals surface area contributed by atoms with Crippen LogP contribution in [0.25, 0.3) is 0 Å². The molecule has 4 N–H and O–H groups in total. The number of para-hydroxylation sites is 1. The Hall–Kier alpha value is -3.55. The highest BCUT2D eigenvalue weighted by molar-refractivity contribution is 7.12.